The lowest BCUT2D eigenvalue weighted by atomic mass is 10.2. The number of hydrogen-bond donors (Lipinski definition) is 2. The van der Waals surface area contributed by atoms with Crippen molar-refractivity contribution in [3.8, 4) is 17.6 Å². The molecule has 0 atom stereocenters. The van der Waals surface area contributed by atoms with Crippen LogP contribution in [-0.2, 0) is 4.79 Å². The van der Waals surface area contributed by atoms with E-state index in [0.717, 1.165) is 5.56 Å². The number of hydrogen-bond acceptors (Lipinski definition) is 4. The van der Waals surface area contributed by atoms with Gasteiger partial charge in [0.2, 0.25) is 5.91 Å². The molecule has 1 aromatic carbocycles. The van der Waals surface area contributed by atoms with Gasteiger partial charge in [-0.15, -0.1) is 11.8 Å². The molecule has 0 unspecified atom stereocenters. The Morgan fingerprint density at radius 3 is 2.71 bits per heavy atom. The summed E-state index contributed by atoms with van der Waals surface area (Å²) in [4.78, 5) is 12.0. The summed E-state index contributed by atoms with van der Waals surface area (Å²) in [7, 11) is 1.57. The quantitative estimate of drug-likeness (QED) is 0.839. The molecular weight excluding hydrogens is 284 g/mol. The number of methoxy groups -OCH3 is 1. The maximum absolute atomic E-state index is 12.0. The molecule has 0 aromatic heterocycles. The lowest BCUT2D eigenvalue weighted by molar-refractivity contribution is -0.113. The van der Waals surface area contributed by atoms with Crippen molar-refractivity contribution in [3.05, 3.63) is 23.8 Å². The fourth-order valence-corrected chi connectivity index (χ4v) is 2.14. The molecule has 21 heavy (non-hydrogen) atoms. The second-order valence-electron chi connectivity index (χ2n) is 5.37. The second-order valence-corrected chi connectivity index (χ2v) is 7.17. The number of nitrogens with one attached hydrogen (secondary N) is 1. The van der Waals surface area contributed by atoms with Crippen LogP contribution in [0.2, 0.25) is 0 Å². The van der Waals surface area contributed by atoms with Gasteiger partial charge in [0.25, 0.3) is 0 Å². The molecule has 0 heterocycles. The van der Waals surface area contributed by atoms with Crippen LogP contribution in [0.4, 0.5) is 5.69 Å². The Morgan fingerprint density at radius 2 is 2.14 bits per heavy atom. The number of rotatable bonds is 4. The van der Waals surface area contributed by atoms with Gasteiger partial charge in [-0.25, -0.2) is 0 Å². The number of thioether (sulfide) groups is 1. The van der Waals surface area contributed by atoms with Crippen molar-refractivity contribution in [3.63, 3.8) is 0 Å². The first-order chi connectivity index (χ1) is 9.85. The molecule has 0 bridgehead atoms. The molecule has 0 aliphatic rings. The van der Waals surface area contributed by atoms with Crippen LogP contribution >= 0.6 is 11.8 Å². The highest BCUT2D eigenvalue weighted by Gasteiger charge is 2.14. The summed E-state index contributed by atoms with van der Waals surface area (Å²) in [6, 6.07) is 5.41. The van der Waals surface area contributed by atoms with Crippen molar-refractivity contribution in [1.29, 1.82) is 0 Å². The maximum Gasteiger partial charge on any atom is 0.234 e. The SMILES string of the molecule is COc1ccc(C#CCN)cc1NC(=O)CSC(C)(C)C. The number of benzene rings is 1. The van der Waals surface area contributed by atoms with E-state index in [2.05, 4.69) is 37.9 Å². The molecule has 0 saturated heterocycles. The van der Waals surface area contributed by atoms with Gasteiger partial charge >= 0.3 is 0 Å². The first kappa shape index (κ1) is 17.4. The molecule has 1 rings (SSSR count). The smallest absolute Gasteiger partial charge is 0.234 e. The molecule has 114 valence electrons. The van der Waals surface area contributed by atoms with Crippen LogP contribution in [0.1, 0.15) is 26.3 Å². The fraction of sp³-hybridized carbons (Fsp3) is 0.438. The van der Waals surface area contributed by atoms with Crippen molar-refractivity contribution in [2.24, 2.45) is 5.73 Å². The zero-order chi connectivity index (χ0) is 15.9. The van der Waals surface area contributed by atoms with E-state index in [1.807, 2.05) is 6.07 Å². The average Bonchev–Trinajstić information content (AvgIpc) is 2.42. The highest BCUT2D eigenvalue weighted by molar-refractivity contribution is 8.01. The first-order valence-electron chi connectivity index (χ1n) is 6.66. The van der Waals surface area contributed by atoms with Gasteiger partial charge in [-0.05, 0) is 18.2 Å². The van der Waals surface area contributed by atoms with E-state index >= 15 is 0 Å². The number of anilines is 1. The van der Waals surface area contributed by atoms with Crippen LogP contribution < -0.4 is 15.8 Å². The minimum atomic E-state index is -0.0582. The Labute approximate surface area is 130 Å². The van der Waals surface area contributed by atoms with Crippen LogP contribution in [0.25, 0.3) is 0 Å². The lowest BCUT2D eigenvalue weighted by Crippen LogP contribution is -2.19. The average molecular weight is 306 g/mol. The minimum Gasteiger partial charge on any atom is -0.495 e. The summed E-state index contributed by atoms with van der Waals surface area (Å²) in [5.74, 6) is 6.68. The van der Waals surface area contributed by atoms with Crippen LogP contribution in [0.15, 0.2) is 18.2 Å². The maximum atomic E-state index is 12.0. The van der Waals surface area contributed by atoms with Crippen molar-refractivity contribution in [1.82, 2.24) is 0 Å². The summed E-state index contributed by atoms with van der Waals surface area (Å²) in [5.41, 5.74) is 6.78. The van der Waals surface area contributed by atoms with Gasteiger partial charge in [0.15, 0.2) is 0 Å². The molecule has 1 aromatic rings. The molecular formula is C16H22N2O2S. The largest absolute Gasteiger partial charge is 0.495 e. The Kier molecular flexibility index (Phi) is 6.60. The van der Waals surface area contributed by atoms with Gasteiger partial charge in [0, 0.05) is 10.3 Å². The van der Waals surface area contributed by atoms with Gasteiger partial charge in [0.05, 0.1) is 25.1 Å². The van der Waals surface area contributed by atoms with Crippen LogP contribution in [0.5, 0.6) is 5.75 Å². The van der Waals surface area contributed by atoms with E-state index in [4.69, 9.17) is 10.5 Å². The van der Waals surface area contributed by atoms with Crippen molar-refractivity contribution >= 4 is 23.4 Å². The van der Waals surface area contributed by atoms with Crippen molar-refractivity contribution < 1.29 is 9.53 Å². The van der Waals surface area contributed by atoms with E-state index < -0.39 is 0 Å². The van der Waals surface area contributed by atoms with E-state index in [9.17, 15) is 4.79 Å². The number of carbonyl (C=O) groups is 1. The van der Waals surface area contributed by atoms with Gasteiger partial charge in [-0.1, -0.05) is 32.6 Å². The molecule has 0 aliphatic heterocycles. The Hall–Kier alpha value is -1.64. The van der Waals surface area contributed by atoms with Crippen LogP contribution in [0, 0.1) is 11.8 Å². The minimum absolute atomic E-state index is 0.0515. The third-order valence-corrected chi connectivity index (χ3v) is 3.72. The van der Waals surface area contributed by atoms with Crippen LogP contribution in [0.3, 0.4) is 0 Å². The number of ether oxygens (including phenoxy) is 1. The summed E-state index contributed by atoms with van der Waals surface area (Å²) >= 11 is 1.60. The molecule has 0 saturated carbocycles. The Balaban J connectivity index is 2.82. The fourth-order valence-electron chi connectivity index (χ4n) is 1.50. The lowest BCUT2D eigenvalue weighted by Gasteiger charge is -2.17. The van der Waals surface area contributed by atoms with Gasteiger partial charge < -0.3 is 15.8 Å². The molecule has 3 N–H and O–H groups in total. The van der Waals surface area contributed by atoms with E-state index in [-0.39, 0.29) is 10.7 Å². The highest BCUT2D eigenvalue weighted by atomic mass is 32.2. The molecule has 5 heteroatoms. The van der Waals surface area contributed by atoms with Gasteiger partial charge in [0.1, 0.15) is 5.75 Å². The predicted molar refractivity (Wildman–Crippen MR) is 89.8 cm³/mol. The molecule has 0 spiro atoms. The van der Waals surface area contributed by atoms with E-state index in [1.165, 1.54) is 0 Å². The van der Waals surface area contributed by atoms with Gasteiger partial charge in [-0.2, -0.15) is 0 Å². The van der Waals surface area contributed by atoms with Gasteiger partial charge in [-0.3, -0.25) is 4.79 Å². The topological polar surface area (TPSA) is 64.3 Å². The third-order valence-electron chi connectivity index (χ3n) is 2.44. The van der Waals surface area contributed by atoms with Crippen molar-refractivity contribution in [2.75, 3.05) is 24.7 Å². The molecule has 0 aliphatic carbocycles. The zero-order valence-corrected chi connectivity index (χ0v) is 13.8. The number of amides is 1. The standard InChI is InChI=1S/C16H22N2O2S/c1-16(2,3)21-11-15(19)18-13-10-12(6-5-9-17)7-8-14(13)20-4/h7-8,10H,9,11,17H2,1-4H3,(H,18,19). The zero-order valence-electron chi connectivity index (χ0n) is 12.9. The van der Waals surface area contributed by atoms with E-state index in [1.54, 1.807) is 31.0 Å². The molecule has 4 nitrogen and oxygen atoms in total. The third kappa shape index (κ3) is 6.56. The number of nitrogens with two attached hydrogens (primary N) is 1. The Morgan fingerprint density at radius 1 is 1.43 bits per heavy atom. The molecule has 0 fully saturated rings. The monoisotopic (exact) mass is 306 g/mol. The van der Waals surface area contributed by atoms with E-state index in [0.29, 0.717) is 23.7 Å². The van der Waals surface area contributed by atoms with Crippen LogP contribution in [-0.4, -0.2) is 30.1 Å². The second kappa shape index (κ2) is 7.96. The van der Waals surface area contributed by atoms with Crippen molar-refractivity contribution in [2.45, 2.75) is 25.5 Å². The normalized spacial score (nSPS) is 10.5. The predicted octanol–water partition coefficient (Wildman–Crippen LogP) is 2.48. The summed E-state index contributed by atoms with van der Waals surface area (Å²) < 4.78 is 5.31. The Bertz CT molecular complexity index is 554. The summed E-state index contributed by atoms with van der Waals surface area (Å²) in [5, 5.41) is 2.87. The highest BCUT2D eigenvalue weighted by Crippen LogP contribution is 2.27. The summed E-state index contributed by atoms with van der Waals surface area (Å²) in [6.07, 6.45) is 0. The number of carbonyl (C=O) groups excluding carboxylic acids is 1. The molecule has 0 radical (unpaired) electrons. The molecule has 1 amide bonds. The first-order valence-corrected chi connectivity index (χ1v) is 7.65. The summed E-state index contributed by atoms with van der Waals surface area (Å²) in [6.45, 7) is 6.54.